The summed E-state index contributed by atoms with van der Waals surface area (Å²) in [4.78, 5) is 4.44. The van der Waals surface area contributed by atoms with E-state index in [1.54, 1.807) is 6.20 Å². The van der Waals surface area contributed by atoms with Gasteiger partial charge in [0.15, 0.2) is 5.82 Å². The molecule has 0 atom stereocenters. The monoisotopic (exact) mass is 200 g/mol. The quantitative estimate of drug-likeness (QED) is 0.709. The van der Waals surface area contributed by atoms with E-state index in [1.165, 1.54) is 6.26 Å². The van der Waals surface area contributed by atoms with Crippen LogP contribution in [0.4, 0.5) is 0 Å². The highest BCUT2D eigenvalue weighted by molar-refractivity contribution is 5.78. The molecular weight excluding hydrogens is 188 g/mol. The lowest BCUT2D eigenvalue weighted by Crippen LogP contribution is -1.96. The molecule has 76 valence electrons. The molecular formula is C12H12N2O. The van der Waals surface area contributed by atoms with Crippen molar-refractivity contribution in [1.82, 2.24) is 9.55 Å². The number of ether oxygens (including phenoxy) is 1. The minimum Gasteiger partial charge on any atom is -0.494 e. The van der Waals surface area contributed by atoms with Crippen LogP contribution in [0.3, 0.4) is 0 Å². The molecule has 0 aliphatic rings. The second-order valence-corrected chi connectivity index (χ2v) is 3.05. The zero-order valence-corrected chi connectivity index (χ0v) is 8.39. The fourth-order valence-electron chi connectivity index (χ4n) is 1.53. The molecule has 1 heterocycles. The summed E-state index contributed by atoms with van der Waals surface area (Å²) in [6, 6.07) is 7.90. The number of imidazole rings is 1. The SMILES string of the molecule is C=COCc1nc2ccccc2n1C=C. The number of para-hydroxylation sites is 2. The highest BCUT2D eigenvalue weighted by atomic mass is 16.5. The van der Waals surface area contributed by atoms with Gasteiger partial charge in [0.1, 0.15) is 6.61 Å². The van der Waals surface area contributed by atoms with Crippen LogP contribution >= 0.6 is 0 Å². The van der Waals surface area contributed by atoms with Gasteiger partial charge in [-0.15, -0.1) is 0 Å². The minimum absolute atomic E-state index is 0.407. The Kier molecular flexibility index (Phi) is 2.54. The minimum atomic E-state index is 0.407. The smallest absolute Gasteiger partial charge is 0.152 e. The summed E-state index contributed by atoms with van der Waals surface area (Å²) in [6.45, 7) is 7.67. The van der Waals surface area contributed by atoms with Crippen molar-refractivity contribution in [2.45, 2.75) is 6.61 Å². The Balaban J connectivity index is 2.53. The molecule has 0 N–H and O–H groups in total. The van der Waals surface area contributed by atoms with Gasteiger partial charge in [0, 0.05) is 6.20 Å². The average Bonchev–Trinajstić information content (AvgIpc) is 2.63. The molecule has 2 aromatic rings. The van der Waals surface area contributed by atoms with Crippen molar-refractivity contribution in [3.63, 3.8) is 0 Å². The van der Waals surface area contributed by atoms with E-state index in [9.17, 15) is 0 Å². The van der Waals surface area contributed by atoms with Gasteiger partial charge in [0.05, 0.1) is 17.3 Å². The number of aromatic nitrogens is 2. The molecule has 2 rings (SSSR count). The molecule has 0 saturated heterocycles. The van der Waals surface area contributed by atoms with Crippen LogP contribution in [0, 0.1) is 0 Å². The maximum Gasteiger partial charge on any atom is 0.152 e. The molecule has 0 amide bonds. The lowest BCUT2D eigenvalue weighted by molar-refractivity contribution is 0.228. The number of fused-ring (bicyclic) bond motifs is 1. The molecule has 0 unspecified atom stereocenters. The first-order valence-corrected chi connectivity index (χ1v) is 4.67. The molecule has 0 aliphatic carbocycles. The highest BCUT2D eigenvalue weighted by Crippen LogP contribution is 2.16. The van der Waals surface area contributed by atoms with E-state index >= 15 is 0 Å². The Morgan fingerprint density at radius 1 is 1.33 bits per heavy atom. The van der Waals surface area contributed by atoms with Gasteiger partial charge in [-0.1, -0.05) is 25.3 Å². The van der Waals surface area contributed by atoms with E-state index in [-0.39, 0.29) is 0 Å². The summed E-state index contributed by atoms with van der Waals surface area (Å²) in [7, 11) is 0. The highest BCUT2D eigenvalue weighted by Gasteiger charge is 2.07. The van der Waals surface area contributed by atoms with E-state index in [2.05, 4.69) is 18.1 Å². The van der Waals surface area contributed by atoms with E-state index in [4.69, 9.17) is 4.74 Å². The first kappa shape index (κ1) is 9.52. The average molecular weight is 200 g/mol. The normalized spacial score (nSPS) is 10.1. The molecule has 15 heavy (non-hydrogen) atoms. The fourth-order valence-corrected chi connectivity index (χ4v) is 1.53. The van der Waals surface area contributed by atoms with Gasteiger partial charge in [-0.05, 0) is 12.1 Å². The summed E-state index contributed by atoms with van der Waals surface area (Å²) in [5.41, 5.74) is 1.98. The molecule has 0 saturated carbocycles. The van der Waals surface area contributed by atoms with Gasteiger partial charge in [0.25, 0.3) is 0 Å². The van der Waals surface area contributed by atoms with Crippen molar-refractivity contribution in [2.24, 2.45) is 0 Å². The second kappa shape index (κ2) is 4.00. The van der Waals surface area contributed by atoms with E-state index in [1.807, 2.05) is 28.8 Å². The second-order valence-electron chi connectivity index (χ2n) is 3.05. The van der Waals surface area contributed by atoms with Crippen LogP contribution in [-0.2, 0) is 11.3 Å². The lowest BCUT2D eigenvalue weighted by atomic mass is 10.3. The number of hydrogen-bond donors (Lipinski definition) is 0. The molecule has 0 fully saturated rings. The van der Waals surface area contributed by atoms with Crippen LogP contribution < -0.4 is 0 Å². The molecule has 0 bridgehead atoms. The molecule has 1 aromatic carbocycles. The summed E-state index contributed by atoms with van der Waals surface area (Å²) in [5.74, 6) is 0.825. The number of nitrogens with zero attached hydrogens (tertiary/aromatic N) is 2. The Morgan fingerprint density at radius 2 is 2.13 bits per heavy atom. The van der Waals surface area contributed by atoms with E-state index in [0.717, 1.165) is 16.9 Å². The number of benzene rings is 1. The van der Waals surface area contributed by atoms with Crippen LogP contribution in [0.25, 0.3) is 17.2 Å². The predicted octanol–water partition coefficient (Wildman–Crippen LogP) is 2.80. The van der Waals surface area contributed by atoms with Crippen LogP contribution in [0.1, 0.15) is 5.82 Å². The van der Waals surface area contributed by atoms with Crippen molar-refractivity contribution < 1.29 is 4.74 Å². The number of rotatable bonds is 4. The van der Waals surface area contributed by atoms with E-state index in [0.29, 0.717) is 6.61 Å². The first-order valence-electron chi connectivity index (χ1n) is 4.67. The lowest BCUT2D eigenvalue weighted by Gasteiger charge is -2.01. The van der Waals surface area contributed by atoms with Crippen molar-refractivity contribution >= 4 is 17.2 Å². The zero-order valence-electron chi connectivity index (χ0n) is 8.39. The van der Waals surface area contributed by atoms with Crippen LogP contribution in [0.15, 0.2) is 43.7 Å². The zero-order chi connectivity index (χ0) is 10.7. The Bertz CT molecular complexity index is 499. The third-order valence-corrected chi connectivity index (χ3v) is 2.18. The van der Waals surface area contributed by atoms with Gasteiger partial charge in [0.2, 0.25) is 0 Å². The number of hydrogen-bond acceptors (Lipinski definition) is 2. The summed E-state index contributed by atoms with van der Waals surface area (Å²) in [5, 5.41) is 0. The molecule has 1 aromatic heterocycles. The van der Waals surface area contributed by atoms with Crippen molar-refractivity contribution in [2.75, 3.05) is 0 Å². The van der Waals surface area contributed by atoms with Crippen molar-refractivity contribution in [1.29, 1.82) is 0 Å². The summed E-state index contributed by atoms with van der Waals surface area (Å²) >= 11 is 0. The van der Waals surface area contributed by atoms with Gasteiger partial charge in [-0.3, -0.25) is 0 Å². The van der Waals surface area contributed by atoms with Crippen LogP contribution in [0.2, 0.25) is 0 Å². The summed E-state index contributed by atoms with van der Waals surface area (Å²) in [6.07, 6.45) is 3.14. The Hall–Kier alpha value is -2.03. The largest absolute Gasteiger partial charge is 0.494 e. The molecule has 3 nitrogen and oxygen atoms in total. The Labute approximate surface area is 88.3 Å². The topological polar surface area (TPSA) is 27.1 Å². The van der Waals surface area contributed by atoms with Gasteiger partial charge >= 0.3 is 0 Å². The molecule has 0 aliphatic heterocycles. The van der Waals surface area contributed by atoms with E-state index < -0.39 is 0 Å². The molecule has 0 radical (unpaired) electrons. The Morgan fingerprint density at radius 3 is 2.87 bits per heavy atom. The van der Waals surface area contributed by atoms with Gasteiger partial charge in [-0.2, -0.15) is 0 Å². The van der Waals surface area contributed by atoms with Crippen LogP contribution in [0.5, 0.6) is 0 Å². The predicted molar refractivity (Wildman–Crippen MR) is 61.1 cm³/mol. The van der Waals surface area contributed by atoms with Gasteiger partial charge in [-0.25, -0.2) is 4.98 Å². The van der Waals surface area contributed by atoms with Crippen molar-refractivity contribution in [3.05, 3.63) is 49.5 Å². The maximum absolute atomic E-state index is 5.12. The van der Waals surface area contributed by atoms with Crippen LogP contribution in [-0.4, -0.2) is 9.55 Å². The summed E-state index contributed by atoms with van der Waals surface area (Å²) < 4.78 is 7.04. The standard InChI is InChI=1S/C12H12N2O/c1-3-14-11-8-6-5-7-10(11)13-12(14)9-15-4-2/h3-8H,1-2,9H2. The first-order chi connectivity index (χ1) is 7.36. The van der Waals surface area contributed by atoms with Crippen molar-refractivity contribution in [3.8, 4) is 0 Å². The fraction of sp³-hybridized carbons (Fsp3) is 0.0833. The molecule has 3 heteroatoms. The third kappa shape index (κ3) is 1.64. The molecule has 0 spiro atoms. The maximum atomic E-state index is 5.12. The third-order valence-electron chi connectivity index (χ3n) is 2.18. The van der Waals surface area contributed by atoms with Gasteiger partial charge < -0.3 is 9.30 Å².